The number of nitrogens with zero attached hydrogens (tertiary/aromatic N) is 2. The lowest BCUT2D eigenvalue weighted by molar-refractivity contribution is 0.726. The lowest BCUT2D eigenvalue weighted by Gasteiger charge is -2.18. The van der Waals surface area contributed by atoms with E-state index < -0.39 is 0 Å². The van der Waals surface area contributed by atoms with Crippen molar-refractivity contribution in [1.82, 2.24) is 9.97 Å². The maximum Gasteiger partial charge on any atom is 0.192 e. The molecule has 0 saturated carbocycles. The van der Waals surface area contributed by atoms with Crippen molar-refractivity contribution in [3.05, 3.63) is 26.9 Å². The molecule has 0 saturated heterocycles. The first-order valence-corrected chi connectivity index (χ1v) is 8.02. The third-order valence-corrected chi connectivity index (χ3v) is 5.52. The van der Waals surface area contributed by atoms with E-state index in [0.717, 1.165) is 8.66 Å². The highest BCUT2D eigenvalue weighted by Crippen LogP contribution is 2.40. The van der Waals surface area contributed by atoms with E-state index in [1.54, 1.807) is 11.3 Å². The van der Waals surface area contributed by atoms with Crippen molar-refractivity contribution in [2.24, 2.45) is 5.73 Å². The van der Waals surface area contributed by atoms with E-state index in [1.165, 1.54) is 17.8 Å². The number of halogens is 1. The Kier molecular flexibility index (Phi) is 4.67. The number of anilines is 2. The predicted molar refractivity (Wildman–Crippen MR) is 85.1 cm³/mol. The quantitative estimate of drug-likeness (QED) is 0.572. The summed E-state index contributed by atoms with van der Waals surface area (Å²) in [6.07, 6.45) is 0. The van der Waals surface area contributed by atoms with Crippen LogP contribution in [0.4, 0.5) is 11.6 Å². The van der Waals surface area contributed by atoms with Gasteiger partial charge in [0.25, 0.3) is 0 Å². The summed E-state index contributed by atoms with van der Waals surface area (Å²) < 4.78 is 1.07. The number of hydrogen-bond acceptors (Lipinski definition) is 7. The van der Waals surface area contributed by atoms with Gasteiger partial charge in [0.1, 0.15) is 11.6 Å². The lowest BCUT2D eigenvalue weighted by Crippen LogP contribution is -2.22. The lowest BCUT2D eigenvalue weighted by atomic mass is 10.2. The van der Waals surface area contributed by atoms with Crippen molar-refractivity contribution in [1.29, 1.82) is 0 Å². The Morgan fingerprint density at radius 2 is 1.89 bits per heavy atom. The molecule has 0 radical (unpaired) electrons. The Morgan fingerprint density at radius 3 is 2.37 bits per heavy atom. The average molecular weight is 360 g/mol. The fourth-order valence-electron chi connectivity index (χ4n) is 1.53. The Bertz CT molecular complexity index is 552. The van der Waals surface area contributed by atoms with E-state index in [2.05, 4.69) is 25.9 Å². The molecular weight excluding hydrogens is 346 g/mol. The highest BCUT2D eigenvalue weighted by atomic mass is 79.9. The zero-order valence-corrected chi connectivity index (χ0v) is 13.4. The molecule has 0 aliphatic rings. The van der Waals surface area contributed by atoms with Gasteiger partial charge in [-0.05, 0) is 35.0 Å². The Balaban J connectivity index is 2.26. The van der Waals surface area contributed by atoms with Gasteiger partial charge in [0.2, 0.25) is 0 Å². The van der Waals surface area contributed by atoms with Crippen LogP contribution in [0.25, 0.3) is 0 Å². The van der Waals surface area contributed by atoms with Crippen molar-refractivity contribution in [3.63, 3.8) is 0 Å². The summed E-state index contributed by atoms with van der Waals surface area (Å²) in [4.78, 5) is 9.51. The summed E-state index contributed by atoms with van der Waals surface area (Å²) in [6, 6.07) is 5.55. The van der Waals surface area contributed by atoms with Crippen LogP contribution < -0.4 is 17.2 Å². The molecule has 0 aromatic carbocycles. The molecule has 5 nitrogen and oxygen atoms in total. The maximum absolute atomic E-state index is 6.05. The number of nitrogens with two attached hydrogens (primary N) is 3. The molecule has 0 amide bonds. The van der Waals surface area contributed by atoms with Crippen LogP contribution in [0.2, 0.25) is 0 Å². The summed E-state index contributed by atoms with van der Waals surface area (Å²) in [7, 11) is 0. The molecule has 0 bridgehead atoms. The zero-order valence-electron chi connectivity index (χ0n) is 10.2. The van der Waals surface area contributed by atoms with E-state index in [1.807, 2.05) is 19.1 Å². The molecule has 2 rings (SSSR count). The molecular formula is C11H14BrN5S2. The summed E-state index contributed by atoms with van der Waals surface area (Å²) >= 11 is 6.58. The van der Waals surface area contributed by atoms with Gasteiger partial charge in [-0.2, -0.15) is 0 Å². The molecule has 6 N–H and O–H groups in total. The normalized spacial score (nSPS) is 14.3. The molecule has 2 aromatic heterocycles. The first-order chi connectivity index (χ1) is 8.95. The third kappa shape index (κ3) is 3.82. The van der Waals surface area contributed by atoms with Crippen molar-refractivity contribution in [3.8, 4) is 0 Å². The number of nitrogen functional groups attached to an aromatic ring is 2. The van der Waals surface area contributed by atoms with Crippen LogP contribution in [0, 0.1) is 0 Å². The van der Waals surface area contributed by atoms with E-state index in [0.29, 0.717) is 16.8 Å². The van der Waals surface area contributed by atoms with Crippen LogP contribution in [0.3, 0.4) is 0 Å². The topological polar surface area (TPSA) is 104 Å². The molecule has 19 heavy (non-hydrogen) atoms. The smallest absolute Gasteiger partial charge is 0.192 e. The van der Waals surface area contributed by atoms with Crippen molar-refractivity contribution in [2.75, 3.05) is 11.5 Å². The summed E-state index contributed by atoms with van der Waals surface area (Å²) in [6.45, 7) is 1.96. The maximum atomic E-state index is 6.05. The molecule has 2 atom stereocenters. The molecule has 2 heterocycles. The van der Waals surface area contributed by atoms with Crippen LogP contribution in [0.1, 0.15) is 17.1 Å². The second-order valence-electron chi connectivity index (χ2n) is 4.04. The van der Waals surface area contributed by atoms with E-state index in [9.17, 15) is 0 Å². The monoisotopic (exact) mass is 359 g/mol. The molecule has 8 heteroatoms. The van der Waals surface area contributed by atoms with Crippen LogP contribution in [0.5, 0.6) is 0 Å². The number of aromatic nitrogens is 2. The average Bonchev–Trinajstić information content (AvgIpc) is 2.70. The summed E-state index contributed by atoms with van der Waals surface area (Å²) in [5.41, 5.74) is 17.4. The Hall–Kier alpha value is -0.830. The van der Waals surface area contributed by atoms with Gasteiger partial charge in [0, 0.05) is 17.0 Å². The molecule has 102 valence electrons. The highest BCUT2D eigenvalue weighted by Gasteiger charge is 2.21. The first-order valence-electron chi connectivity index (χ1n) is 5.53. The molecule has 0 aliphatic carbocycles. The second-order valence-corrected chi connectivity index (χ2v) is 7.64. The molecule has 0 spiro atoms. The van der Waals surface area contributed by atoms with Crippen LogP contribution in [-0.4, -0.2) is 16.0 Å². The summed E-state index contributed by atoms with van der Waals surface area (Å²) in [5, 5.41) is 0.613. The minimum Gasteiger partial charge on any atom is -0.383 e. The van der Waals surface area contributed by atoms with Crippen LogP contribution >= 0.6 is 39.0 Å². The minimum absolute atomic E-state index is 0.0400. The molecule has 2 aromatic rings. The van der Waals surface area contributed by atoms with Gasteiger partial charge in [-0.3, -0.25) is 0 Å². The zero-order chi connectivity index (χ0) is 14.0. The number of rotatable bonds is 4. The van der Waals surface area contributed by atoms with Crippen molar-refractivity contribution in [2.45, 2.75) is 23.4 Å². The third-order valence-electron chi connectivity index (χ3n) is 2.33. The fraction of sp³-hybridized carbons (Fsp3) is 0.273. The van der Waals surface area contributed by atoms with E-state index in [4.69, 9.17) is 17.2 Å². The molecule has 2 unspecified atom stereocenters. The number of hydrogen-bond donors (Lipinski definition) is 3. The minimum atomic E-state index is -0.0400. The first kappa shape index (κ1) is 14.6. The SMILES string of the molecule is CC(N)C(Sc1nc(N)cc(N)n1)c1ccc(Br)s1. The van der Waals surface area contributed by atoms with Crippen LogP contribution in [-0.2, 0) is 0 Å². The van der Waals surface area contributed by atoms with Crippen molar-refractivity contribution < 1.29 is 0 Å². The van der Waals surface area contributed by atoms with Gasteiger partial charge < -0.3 is 17.2 Å². The van der Waals surface area contributed by atoms with E-state index >= 15 is 0 Å². The second kappa shape index (κ2) is 6.08. The van der Waals surface area contributed by atoms with Gasteiger partial charge >= 0.3 is 0 Å². The van der Waals surface area contributed by atoms with Gasteiger partial charge in [0.15, 0.2) is 5.16 Å². The number of thioether (sulfide) groups is 1. The van der Waals surface area contributed by atoms with Gasteiger partial charge in [-0.25, -0.2) is 9.97 Å². The van der Waals surface area contributed by atoms with Crippen LogP contribution in [0.15, 0.2) is 27.1 Å². The molecule has 0 fully saturated rings. The Labute approximate surface area is 128 Å². The predicted octanol–water partition coefficient (Wildman–Crippen LogP) is 2.65. The Morgan fingerprint density at radius 1 is 1.26 bits per heavy atom. The fourth-order valence-corrected chi connectivity index (χ4v) is 4.30. The largest absolute Gasteiger partial charge is 0.383 e. The number of thiophene rings is 1. The summed E-state index contributed by atoms with van der Waals surface area (Å²) in [5.74, 6) is 0.733. The van der Waals surface area contributed by atoms with Crippen molar-refractivity contribution >= 4 is 50.7 Å². The molecule has 0 aliphatic heterocycles. The highest BCUT2D eigenvalue weighted by molar-refractivity contribution is 9.11. The van der Waals surface area contributed by atoms with Gasteiger partial charge in [0.05, 0.1) is 9.04 Å². The van der Waals surface area contributed by atoms with E-state index in [-0.39, 0.29) is 11.3 Å². The van der Waals surface area contributed by atoms with Gasteiger partial charge in [-0.1, -0.05) is 11.8 Å². The van der Waals surface area contributed by atoms with Gasteiger partial charge in [-0.15, -0.1) is 11.3 Å². The standard InChI is InChI=1S/C11H14BrN5S2/c1-5(13)10(6-2-3-7(12)18-6)19-11-16-8(14)4-9(15)17-11/h2-5,10H,13H2,1H3,(H4,14,15,16,17).